The largest absolute Gasteiger partial charge is 0.492 e. The third-order valence-electron chi connectivity index (χ3n) is 4.81. The molecule has 1 aliphatic rings. The van der Waals surface area contributed by atoms with Gasteiger partial charge in [0, 0.05) is 24.1 Å². The first-order valence-electron chi connectivity index (χ1n) is 9.37. The predicted octanol–water partition coefficient (Wildman–Crippen LogP) is 3.81. The van der Waals surface area contributed by atoms with Crippen molar-refractivity contribution in [2.45, 2.75) is 26.2 Å². The fourth-order valence-corrected chi connectivity index (χ4v) is 3.32. The van der Waals surface area contributed by atoms with Crippen molar-refractivity contribution in [1.82, 2.24) is 15.0 Å². The predicted molar refractivity (Wildman–Crippen MR) is 116 cm³/mol. The van der Waals surface area contributed by atoms with E-state index in [2.05, 4.69) is 28.8 Å². The molecule has 2 N–H and O–H groups in total. The van der Waals surface area contributed by atoms with Gasteiger partial charge in [-0.3, -0.25) is 0 Å². The average Bonchev–Trinajstić information content (AvgIpc) is 3.07. The number of anilines is 3. The van der Waals surface area contributed by atoms with Gasteiger partial charge in [0.05, 0.1) is 30.4 Å². The molecule has 0 saturated carbocycles. The van der Waals surface area contributed by atoms with Crippen LogP contribution in [0.2, 0.25) is 0 Å². The van der Waals surface area contributed by atoms with Crippen LogP contribution in [-0.4, -0.2) is 35.4 Å². The van der Waals surface area contributed by atoms with Gasteiger partial charge in [-0.05, 0) is 25.1 Å². The molecule has 8 nitrogen and oxygen atoms in total. The second kappa shape index (κ2) is 8.36. The van der Waals surface area contributed by atoms with Crippen molar-refractivity contribution in [1.29, 1.82) is 0 Å². The van der Waals surface area contributed by atoms with Crippen LogP contribution >= 0.6 is 0 Å². The number of aryl methyl sites for hydroxylation is 1. The third kappa shape index (κ3) is 4.03. The maximum Gasteiger partial charge on any atom is 0.219 e. The van der Waals surface area contributed by atoms with E-state index in [1.54, 1.807) is 12.4 Å². The summed E-state index contributed by atoms with van der Waals surface area (Å²) in [5, 5.41) is 0. The van der Waals surface area contributed by atoms with Crippen molar-refractivity contribution in [3.05, 3.63) is 54.1 Å². The van der Waals surface area contributed by atoms with Gasteiger partial charge < -0.3 is 24.9 Å². The first-order valence-corrected chi connectivity index (χ1v) is 9.37. The smallest absolute Gasteiger partial charge is 0.219 e. The van der Waals surface area contributed by atoms with Crippen molar-refractivity contribution in [2.24, 2.45) is 0 Å². The topological polar surface area (TPSA) is 103 Å². The van der Waals surface area contributed by atoms with Crippen LogP contribution < -0.4 is 20.1 Å². The SMILES string of the molecule is C=O.Cc1ncc(N)c(N(C)c2ccc(Oc3cccc4c3C(C)(C)CO4)nc2)n1. The highest BCUT2D eigenvalue weighted by Gasteiger charge is 2.35. The number of aromatic nitrogens is 3. The number of pyridine rings is 1. The number of benzene rings is 1. The molecule has 0 atom stereocenters. The van der Waals surface area contributed by atoms with Crippen LogP contribution in [0.4, 0.5) is 17.2 Å². The molecule has 30 heavy (non-hydrogen) atoms. The Morgan fingerprint density at radius 2 is 1.93 bits per heavy atom. The molecule has 156 valence electrons. The Morgan fingerprint density at radius 1 is 1.17 bits per heavy atom. The highest BCUT2D eigenvalue weighted by molar-refractivity contribution is 5.69. The van der Waals surface area contributed by atoms with E-state index >= 15 is 0 Å². The molecule has 0 bridgehead atoms. The molecule has 0 amide bonds. The van der Waals surface area contributed by atoms with E-state index in [4.69, 9.17) is 20.0 Å². The van der Waals surface area contributed by atoms with Gasteiger partial charge in [0.1, 0.15) is 24.1 Å². The molecular weight excluding hydrogens is 382 g/mol. The number of ether oxygens (including phenoxy) is 2. The molecule has 0 spiro atoms. The third-order valence-corrected chi connectivity index (χ3v) is 4.81. The quantitative estimate of drug-likeness (QED) is 0.696. The lowest BCUT2D eigenvalue weighted by atomic mass is 9.86. The van der Waals surface area contributed by atoms with Gasteiger partial charge in [0.2, 0.25) is 5.88 Å². The van der Waals surface area contributed by atoms with E-state index < -0.39 is 0 Å². The maximum atomic E-state index is 8.00. The number of hydrogen-bond acceptors (Lipinski definition) is 8. The van der Waals surface area contributed by atoms with Crippen molar-refractivity contribution in [2.75, 3.05) is 24.3 Å². The summed E-state index contributed by atoms with van der Waals surface area (Å²) in [6.45, 7) is 8.76. The molecule has 0 unspecified atom stereocenters. The highest BCUT2D eigenvalue weighted by Crippen LogP contribution is 2.45. The molecule has 3 aromatic rings. The molecule has 0 radical (unpaired) electrons. The minimum atomic E-state index is -0.103. The second-order valence-corrected chi connectivity index (χ2v) is 7.51. The average molecular weight is 407 g/mol. The molecule has 2 aromatic heterocycles. The molecule has 0 aliphatic carbocycles. The summed E-state index contributed by atoms with van der Waals surface area (Å²) >= 11 is 0. The lowest BCUT2D eigenvalue weighted by Crippen LogP contribution is -2.19. The highest BCUT2D eigenvalue weighted by atomic mass is 16.5. The van der Waals surface area contributed by atoms with Gasteiger partial charge in [-0.15, -0.1) is 0 Å². The van der Waals surface area contributed by atoms with Crippen LogP contribution in [-0.2, 0) is 10.2 Å². The Hall–Kier alpha value is -3.68. The zero-order valence-electron chi connectivity index (χ0n) is 17.5. The van der Waals surface area contributed by atoms with Crippen molar-refractivity contribution in [3.63, 3.8) is 0 Å². The van der Waals surface area contributed by atoms with Crippen LogP contribution in [0.5, 0.6) is 17.4 Å². The summed E-state index contributed by atoms with van der Waals surface area (Å²) < 4.78 is 11.9. The van der Waals surface area contributed by atoms with E-state index in [9.17, 15) is 0 Å². The first-order chi connectivity index (χ1) is 14.3. The molecule has 8 heteroatoms. The van der Waals surface area contributed by atoms with Gasteiger partial charge in [0.25, 0.3) is 0 Å². The maximum absolute atomic E-state index is 8.00. The number of carbonyl (C=O) groups excluding carboxylic acids is 1. The fraction of sp³-hybridized carbons (Fsp3) is 0.273. The van der Waals surface area contributed by atoms with Gasteiger partial charge in [-0.2, -0.15) is 0 Å². The van der Waals surface area contributed by atoms with E-state index in [0.29, 0.717) is 29.8 Å². The lowest BCUT2D eigenvalue weighted by Gasteiger charge is -2.20. The van der Waals surface area contributed by atoms with E-state index in [-0.39, 0.29) is 5.41 Å². The Kier molecular flexibility index (Phi) is 5.86. The molecule has 0 fully saturated rings. The number of nitrogen functional groups attached to an aromatic ring is 1. The Labute approximate surface area is 175 Å². The van der Waals surface area contributed by atoms with Crippen molar-refractivity contribution in [3.8, 4) is 17.4 Å². The Morgan fingerprint density at radius 3 is 2.63 bits per heavy atom. The summed E-state index contributed by atoms with van der Waals surface area (Å²) in [7, 11) is 1.89. The van der Waals surface area contributed by atoms with E-state index in [1.807, 2.05) is 56.0 Å². The molecule has 1 aromatic carbocycles. The number of carbonyl (C=O) groups is 1. The molecule has 4 rings (SSSR count). The summed E-state index contributed by atoms with van der Waals surface area (Å²) in [4.78, 5) is 22.8. The zero-order chi connectivity index (χ0) is 21.9. The monoisotopic (exact) mass is 407 g/mol. The van der Waals surface area contributed by atoms with E-state index in [1.165, 1.54) is 0 Å². The van der Waals surface area contributed by atoms with Crippen LogP contribution in [0, 0.1) is 6.92 Å². The number of fused-ring (bicyclic) bond motifs is 1. The molecule has 1 aliphatic heterocycles. The Balaban J connectivity index is 0.00000124. The standard InChI is InChI=1S/C21H23N5O2.CH2O/c1-13-23-11-15(22)20(25-13)26(4)14-8-9-18(24-10-14)28-17-7-5-6-16-19(17)21(2,3)12-27-16;1-2/h5-11H,12,22H2,1-4H3;1H2. The zero-order valence-corrected chi connectivity index (χ0v) is 17.5. The summed E-state index contributed by atoms with van der Waals surface area (Å²) in [5.41, 5.74) is 8.34. The molecular formula is C22H25N5O3. The van der Waals surface area contributed by atoms with Crippen molar-refractivity contribution >= 4 is 24.0 Å². The van der Waals surface area contributed by atoms with Crippen LogP contribution in [0.3, 0.4) is 0 Å². The normalized spacial score (nSPS) is 13.5. The van der Waals surface area contributed by atoms with Gasteiger partial charge in [-0.1, -0.05) is 19.9 Å². The van der Waals surface area contributed by atoms with E-state index in [0.717, 1.165) is 22.7 Å². The van der Waals surface area contributed by atoms with Gasteiger partial charge >= 0.3 is 0 Å². The number of rotatable bonds is 4. The number of hydrogen-bond donors (Lipinski definition) is 1. The summed E-state index contributed by atoms with van der Waals surface area (Å²) in [5.74, 6) is 3.45. The van der Waals surface area contributed by atoms with Crippen LogP contribution in [0.1, 0.15) is 25.2 Å². The molecule has 0 saturated heterocycles. The number of nitrogens with two attached hydrogens (primary N) is 1. The molecule has 3 heterocycles. The Bertz CT molecular complexity index is 1040. The van der Waals surface area contributed by atoms with Crippen LogP contribution in [0.15, 0.2) is 42.7 Å². The van der Waals surface area contributed by atoms with Gasteiger partial charge in [-0.25, -0.2) is 15.0 Å². The minimum absolute atomic E-state index is 0.103. The lowest BCUT2D eigenvalue weighted by molar-refractivity contribution is -0.0979. The fourth-order valence-electron chi connectivity index (χ4n) is 3.32. The second-order valence-electron chi connectivity index (χ2n) is 7.51. The van der Waals surface area contributed by atoms with Crippen molar-refractivity contribution < 1.29 is 14.3 Å². The van der Waals surface area contributed by atoms with Crippen LogP contribution in [0.25, 0.3) is 0 Å². The van der Waals surface area contributed by atoms with Gasteiger partial charge in [0.15, 0.2) is 5.82 Å². The minimum Gasteiger partial charge on any atom is -0.492 e. The first kappa shape index (κ1) is 21.0. The number of nitrogens with zero attached hydrogens (tertiary/aromatic N) is 4. The summed E-state index contributed by atoms with van der Waals surface area (Å²) in [6.07, 6.45) is 3.34. The summed E-state index contributed by atoms with van der Waals surface area (Å²) in [6, 6.07) is 9.60.